The Morgan fingerprint density at radius 2 is 2.18 bits per heavy atom. The summed E-state index contributed by atoms with van der Waals surface area (Å²) >= 11 is 1.40. The van der Waals surface area contributed by atoms with Crippen LogP contribution in [-0.4, -0.2) is 48.5 Å². The molecule has 2 amide bonds. The Kier molecular flexibility index (Phi) is 5.18. The second-order valence-electron chi connectivity index (χ2n) is 5.87. The minimum Gasteiger partial charge on any atom is -0.385 e. The van der Waals surface area contributed by atoms with E-state index in [9.17, 15) is 9.59 Å². The van der Waals surface area contributed by atoms with E-state index in [1.807, 2.05) is 13.8 Å². The summed E-state index contributed by atoms with van der Waals surface area (Å²) in [7, 11) is 1.60. The molecule has 2 heterocycles. The fourth-order valence-electron chi connectivity index (χ4n) is 3.00. The third-order valence-corrected chi connectivity index (χ3v) is 5.33. The summed E-state index contributed by atoms with van der Waals surface area (Å²) in [6.07, 6.45) is 2.02. The van der Waals surface area contributed by atoms with Gasteiger partial charge < -0.3 is 15.4 Å². The number of hydrogen-bond acceptors (Lipinski definition) is 5. The molecule has 122 valence electrons. The molecule has 0 bridgehead atoms. The van der Waals surface area contributed by atoms with E-state index in [1.54, 1.807) is 12.0 Å². The molecule has 1 aliphatic heterocycles. The minimum atomic E-state index is -0.683. The van der Waals surface area contributed by atoms with Crippen molar-refractivity contribution in [2.45, 2.75) is 33.1 Å². The van der Waals surface area contributed by atoms with Crippen molar-refractivity contribution in [3.05, 3.63) is 15.6 Å². The van der Waals surface area contributed by atoms with Crippen LogP contribution >= 0.6 is 11.3 Å². The van der Waals surface area contributed by atoms with E-state index in [1.165, 1.54) is 11.3 Å². The van der Waals surface area contributed by atoms with E-state index in [-0.39, 0.29) is 11.8 Å². The highest BCUT2D eigenvalue weighted by atomic mass is 32.1. The lowest BCUT2D eigenvalue weighted by Gasteiger charge is -2.40. The molecule has 2 N–H and O–H groups in total. The van der Waals surface area contributed by atoms with Gasteiger partial charge in [-0.1, -0.05) is 0 Å². The van der Waals surface area contributed by atoms with E-state index < -0.39 is 5.41 Å². The number of hydrogen-bond donors (Lipinski definition) is 1. The number of aromatic nitrogens is 1. The van der Waals surface area contributed by atoms with Gasteiger partial charge in [0.25, 0.3) is 5.91 Å². The predicted octanol–water partition coefficient (Wildman–Crippen LogP) is 1.50. The van der Waals surface area contributed by atoms with Crippen molar-refractivity contribution < 1.29 is 14.3 Å². The zero-order valence-corrected chi connectivity index (χ0v) is 14.2. The van der Waals surface area contributed by atoms with Gasteiger partial charge in [-0.05, 0) is 33.1 Å². The number of likely N-dealkylation sites (tertiary alicyclic amines) is 1. The number of piperidine rings is 1. The van der Waals surface area contributed by atoms with Gasteiger partial charge in [-0.25, -0.2) is 4.98 Å². The number of ether oxygens (including phenoxy) is 1. The maximum absolute atomic E-state index is 12.7. The zero-order chi connectivity index (χ0) is 16.3. The summed E-state index contributed by atoms with van der Waals surface area (Å²) in [6.45, 7) is 5.20. The lowest BCUT2D eigenvalue weighted by Crippen LogP contribution is -2.52. The van der Waals surface area contributed by atoms with Crippen LogP contribution in [0.1, 0.15) is 39.6 Å². The Morgan fingerprint density at radius 1 is 1.45 bits per heavy atom. The normalized spacial score (nSPS) is 21.9. The second-order valence-corrected chi connectivity index (χ2v) is 7.07. The molecule has 1 fully saturated rings. The molecule has 1 saturated heterocycles. The lowest BCUT2D eigenvalue weighted by molar-refractivity contribution is -0.131. The molecule has 2 rings (SSSR count). The molecule has 0 aliphatic carbocycles. The number of thiazole rings is 1. The Balaban J connectivity index is 2.20. The topological polar surface area (TPSA) is 85.5 Å². The number of carbonyl (C=O) groups is 2. The van der Waals surface area contributed by atoms with Crippen molar-refractivity contribution in [3.63, 3.8) is 0 Å². The highest BCUT2D eigenvalue weighted by molar-refractivity contribution is 7.13. The monoisotopic (exact) mass is 325 g/mol. The molecule has 22 heavy (non-hydrogen) atoms. The van der Waals surface area contributed by atoms with E-state index in [0.717, 1.165) is 17.1 Å². The SMILES string of the molecule is COCCC1(C(N)=O)CCCN(C(=O)c2sc(C)nc2C)C1. The van der Waals surface area contributed by atoms with Crippen LogP contribution in [0.25, 0.3) is 0 Å². The van der Waals surface area contributed by atoms with Gasteiger partial charge in [0.2, 0.25) is 5.91 Å². The third-order valence-electron chi connectivity index (χ3n) is 4.27. The number of amides is 2. The molecule has 6 nitrogen and oxygen atoms in total. The molecule has 0 saturated carbocycles. The van der Waals surface area contributed by atoms with Crippen LogP contribution in [0, 0.1) is 19.3 Å². The first-order valence-electron chi connectivity index (χ1n) is 7.42. The van der Waals surface area contributed by atoms with Gasteiger partial charge >= 0.3 is 0 Å². The maximum Gasteiger partial charge on any atom is 0.265 e. The van der Waals surface area contributed by atoms with Gasteiger partial charge in [-0.3, -0.25) is 9.59 Å². The van der Waals surface area contributed by atoms with Gasteiger partial charge in [0.15, 0.2) is 0 Å². The number of carbonyl (C=O) groups excluding carboxylic acids is 2. The fraction of sp³-hybridized carbons (Fsp3) is 0.667. The highest BCUT2D eigenvalue weighted by Crippen LogP contribution is 2.34. The van der Waals surface area contributed by atoms with Crippen LogP contribution < -0.4 is 5.73 Å². The summed E-state index contributed by atoms with van der Waals surface area (Å²) in [6, 6.07) is 0. The standard InChI is InChI=1S/C15H23N3O3S/c1-10-12(22-11(2)17-10)13(19)18-7-4-5-15(9-18,14(16)20)6-8-21-3/h4-9H2,1-3H3,(H2,16,20). The van der Waals surface area contributed by atoms with Gasteiger partial charge in [0.05, 0.1) is 16.1 Å². The fourth-order valence-corrected chi connectivity index (χ4v) is 3.89. The van der Waals surface area contributed by atoms with Crippen molar-refractivity contribution in [1.29, 1.82) is 0 Å². The van der Waals surface area contributed by atoms with Gasteiger partial charge in [0, 0.05) is 26.8 Å². The van der Waals surface area contributed by atoms with Crippen LogP contribution in [0.4, 0.5) is 0 Å². The van der Waals surface area contributed by atoms with Crippen molar-refractivity contribution in [3.8, 4) is 0 Å². The number of primary amides is 1. The average molecular weight is 325 g/mol. The summed E-state index contributed by atoms with van der Waals surface area (Å²) < 4.78 is 5.10. The van der Waals surface area contributed by atoms with E-state index >= 15 is 0 Å². The third kappa shape index (κ3) is 3.30. The molecule has 1 aliphatic rings. The van der Waals surface area contributed by atoms with E-state index in [4.69, 9.17) is 10.5 Å². The predicted molar refractivity (Wildman–Crippen MR) is 84.8 cm³/mol. The molecule has 0 aromatic carbocycles. The first-order valence-corrected chi connectivity index (χ1v) is 8.23. The Morgan fingerprint density at radius 3 is 2.73 bits per heavy atom. The Labute approximate surface area is 134 Å². The molecular weight excluding hydrogens is 302 g/mol. The molecule has 1 unspecified atom stereocenters. The number of rotatable bonds is 5. The van der Waals surface area contributed by atoms with Crippen LogP contribution in [0.15, 0.2) is 0 Å². The zero-order valence-electron chi connectivity index (χ0n) is 13.3. The molecular formula is C15H23N3O3S. The largest absolute Gasteiger partial charge is 0.385 e. The maximum atomic E-state index is 12.7. The van der Waals surface area contributed by atoms with E-state index in [2.05, 4.69) is 4.98 Å². The van der Waals surface area contributed by atoms with Crippen molar-refractivity contribution in [2.75, 3.05) is 26.8 Å². The van der Waals surface area contributed by atoms with Crippen molar-refractivity contribution >= 4 is 23.2 Å². The van der Waals surface area contributed by atoms with Gasteiger partial charge in [-0.2, -0.15) is 0 Å². The molecule has 7 heteroatoms. The summed E-state index contributed by atoms with van der Waals surface area (Å²) in [5, 5.41) is 0.874. The van der Waals surface area contributed by atoms with Crippen LogP contribution in [0.5, 0.6) is 0 Å². The molecule has 1 aromatic heterocycles. The lowest BCUT2D eigenvalue weighted by atomic mass is 9.76. The molecule has 0 radical (unpaired) electrons. The Hall–Kier alpha value is -1.47. The van der Waals surface area contributed by atoms with Crippen LogP contribution in [0.2, 0.25) is 0 Å². The van der Waals surface area contributed by atoms with Gasteiger partial charge in [0.1, 0.15) is 4.88 Å². The average Bonchev–Trinajstić information content (AvgIpc) is 2.83. The summed E-state index contributed by atoms with van der Waals surface area (Å²) in [4.78, 5) is 31.4. The second kappa shape index (κ2) is 6.75. The highest BCUT2D eigenvalue weighted by Gasteiger charge is 2.42. The summed E-state index contributed by atoms with van der Waals surface area (Å²) in [5.74, 6) is -0.398. The van der Waals surface area contributed by atoms with Crippen LogP contribution in [0.3, 0.4) is 0 Å². The smallest absolute Gasteiger partial charge is 0.265 e. The van der Waals surface area contributed by atoms with Crippen LogP contribution in [-0.2, 0) is 9.53 Å². The first-order chi connectivity index (χ1) is 10.4. The minimum absolute atomic E-state index is 0.0501. The summed E-state index contributed by atoms with van der Waals surface area (Å²) in [5.41, 5.74) is 5.70. The van der Waals surface area contributed by atoms with Crippen molar-refractivity contribution in [2.24, 2.45) is 11.1 Å². The number of nitrogens with zero attached hydrogens (tertiary/aromatic N) is 2. The van der Waals surface area contributed by atoms with E-state index in [0.29, 0.717) is 37.4 Å². The number of aryl methyl sites for hydroxylation is 2. The first kappa shape index (κ1) is 16.9. The quantitative estimate of drug-likeness (QED) is 0.889. The van der Waals surface area contributed by atoms with Crippen molar-refractivity contribution in [1.82, 2.24) is 9.88 Å². The molecule has 0 spiro atoms. The molecule has 1 atom stereocenters. The number of methoxy groups -OCH3 is 1. The van der Waals surface area contributed by atoms with Gasteiger partial charge in [-0.15, -0.1) is 11.3 Å². The molecule has 1 aromatic rings. The number of nitrogens with two attached hydrogens (primary N) is 1. The Bertz CT molecular complexity index is 572.